The van der Waals surface area contributed by atoms with Crippen LogP contribution in [0.4, 0.5) is 0 Å². The van der Waals surface area contributed by atoms with Gasteiger partial charge in [0.2, 0.25) is 5.91 Å². The van der Waals surface area contributed by atoms with Gasteiger partial charge < -0.3 is 14.6 Å². The summed E-state index contributed by atoms with van der Waals surface area (Å²) in [7, 11) is 1.31. The van der Waals surface area contributed by atoms with Gasteiger partial charge >= 0.3 is 5.97 Å². The molecule has 0 spiro atoms. The van der Waals surface area contributed by atoms with Gasteiger partial charge in [-0.05, 0) is 44.9 Å². The van der Waals surface area contributed by atoms with Crippen molar-refractivity contribution in [1.29, 1.82) is 0 Å². The molecule has 0 aliphatic carbocycles. The molecule has 4 heterocycles. The lowest BCUT2D eigenvalue weighted by atomic mass is 10.1. The summed E-state index contributed by atoms with van der Waals surface area (Å²) in [5, 5.41) is 8.61. The summed E-state index contributed by atoms with van der Waals surface area (Å²) in [4.78, 5) is 46.8. The summed E-state index contributed by atoms with van der Waals surface area (Å²) < 4.78 is 6.63. The number of rotatable bonds is 8. The highest BCUT2D eigenvalue weighted by Crippen LogP contribution is 2.29. The molecule has 1 aliphatic rings. The van der Waals surface area contributed by atoms with Crippen molar-refractivity contribution in [3.05, 3.63) is 52.7 Å². The molecule has 3 aromatic rings. The van der Waals surface area contributed by atoms with Crippen LogP contribution in [0.2, 0.25) is 0 Å². The number of Topliss-reactive ketones (excluding diaryl/α,β-unsaturated/α-hetero) is 1. The molecule has 0 radical (unpaired) electrons. The van der Waals surface area contributed by atoms with Crippen LogP contribution in [0.15, 0.2) is 29.6 Å². The average Bonchev–Trinajstić information content (AvgIpc) is 3.51. The third-order valence-corrected chi connectivity index (χ3v) is 6.85. The van der Waals surface area contributed by atoms with Crippen LogP contribution in [-0.2, 0) is 16.1 Å². The summed E-state index contributed by atoms with van der Waals surface area (Å²) >= 11 is 1.25. The number of amides is 1. The maximum absolute atomic E-state index is 13.3. The van der Waals surface area contributed by atoms with Gasteiger partial charge in [-0.15, -0.1) is 10.2 Å². The fraction of sp³-hybridized carbons (Fsp3) is 0.391. The standard InChI is InChI=1S/C23H26N6O4S/c1-13-19(22(32)33-4)14(2)25-20(13)21(31)15(3)34-23-27-26-17(12-28-11-7-9-18(28)30)29(23)16-8-5-6-10-24-16/h5-6,8,10,15,25H,7,9,11-12H2,1-4H3/t15-/m1/s1. The number of aryl methyl sites for hydroxylation is 1. The van der Waals surface area contributed by atoms with E-state index in [1.807, 2.05) is 18.2 Å². The quantitative estimate of drug-likeness (QED) is 0.295. The highest BCUT2D eigenvalue weighted by atomic mass is 32.2. The largest absolute Gasteiger partial charge is 0.465 e. The van der Waals surface area contributed by atoms with Crippen LogP contribution >= 0.6 is 11.8 Å². The predicted octanol–water partition coefficient (Wildman–Crippen LogP) is 2.88. The van der Waals surface area contributed by atoms with Crippen LogP contribution < -0.4 is 0 Å². The second kappa shape index (κ2) is 9.80. The van der Waals surface area contributed by atoms with E-state index in [2.05, 4.69) is 20.2 Å². The topological polar surface area (TPSA) is 123 Å². The molecule has 11 heteroatoms. The number of carbonyl (C=O) groups is 3. The van der Waals surface area contributed by atoms with Gasteiger partial charge in [-0.25, -0.2) is 9.78 Å². The predicted molar refractivity (Wildman–Crippen MR) is 125 cm³/mol. The van der Waals surface area contributed by atoms with Crippen LogP contribution in [0.3, 0.4) is 0 Å². The molecule has 1 saturated heterocycles. The number of ketones is 1. The molecule has 0 aromatic carbocycles. The van der Waals surface area contributed by atoms with Crippen molar-refractivity contribution in [3.8, 4) is 5.82 Å². The van der Waals surface area contributed by atoms with Crippen molar-refractivity contribution in [2.24, 2.45) is 0 Å². The first-order chi connectivity index (χ1) is 16.3. The molecule has 34 heavy (non-hydrogen) atoms. The molecular formula is C23H26N6O4S. The van der Waals surface area contributed by atoms with E-state index in [9.17, 15) is 14.4 Å². The van der Waals surface area contributed by atoms with E-state index in [-0.39, 0.29) is 11.7 Å². The van der Waals surface area contributed by atoms with Crippen molar-refractivity contribution in [3.63, 3.8) is 0 Å². The van der Waals surface area contributed by atoms with Crippen LogP contribution in [0.25, 0.3) is 5.82 Å². The second-order valence-corrected chi connectivity index (χ2v) is 9.39. The molecule has 0 saturated carbocycles. The van der Waals surface area contributed by atoms with E-state index in [0.717, 1.165) is 6.42 Å². The normalized spacial score (nSPS) is 14.5. The van der Waals surface area contributed by atoms with Crippen molar-refractivity contribution in [2.75, 3.05) is 13.7 Å². The molecule has 3 aromatic heterocycles. The third-order valence-electron chi connectivity index (χ3n) is 5.81. The first-order valence-corrected chi connectivity index (χ1v) is 11.8. The van der Waals surface area contributed by atoms with Crippen LogP contribution in [-0.4, -0.2) is 66.2 Å². The second-order valence-electron chi connectivity index (χ2n) is 8.08. The minimum atomic E-state index is -0.532. The van der Waals surface area contributed by atoms with Gasteiger partial charge in [0.15, 0.2) is 16.8 Å². The lowest BCUT2D eigenvalue weighted by Crippen LogP contribution is -2.26. The molecule has 4 rings (SSSR count). The van der Waals surface area contributed by atoms with Crippen molar-refractivity contribution in [1.82, 2.24) is 29.6 Å². The number of aromatic amines is 1. The number of likely N-dealkylation sites (tertiary alicyclic amines) is 1. The Kier molecular flexibility index (Phi) is 6.82. The Morgan fingerprint density at radius 1 is 1.26 bits per heavy atom. The van der Waals surface area contributed by atoms with E-state index in [1.165, 1.54) is 18.9 Å². The zero-order valence-corrected chi connectivity index (χ0v) is 20.3. The van der Waals surface area contributed by atoms with Crippen LogP contribution in [0.5, 0.6) is 0 Å². The van der Waals surface area contributed by atoms with E-state index >= 15 is 0 Å². The Balaban J connectivity index is 1.63. The minimum absolute atomic E-state index is 0.0901. The number of methoxy groups -OCH3 is 1. The maximum atomic E-state index is 13.3. The van der Waals surface area contributed by atoms with Crippen molar-refractivity contribution in [2.45, 2.75) is 50.6 Å². The molecule has 1 aliphatic heterocycles. The van der Waals surface area contributed by atoms with E-state index in [1.54, 1.807) is 36.4 Å². The fourth-order valence-electron chi connectivity index (χ4n) is 4.06. The molecule has 1 N–H and O–H groups in total. The Labute approximate surface area is 201 Å². The summed E-state index contributed by atoms with van der Waals surface area (Å²) in [6.07, 6.45) is 3.03. The molecule has 178 valence electrons. The zero-order chi connectivity index (χ0) is 24.4. The number of pyridine rings is 1. The third kappa shape index (κ3) is 4.47. The fourth-order valence-corrected chi connectivity index (χ4v) is 4.99. The molecule has 10 nitrogen and oxygen atoms in total. The van der Waals surface area contributed by atoms with Crippen LogP contribution in [0.1, 0.15) is 57.7 Å². The Hall–Kier alpha value is -3.47. The lowest BCUT2D eigenvalue weighted by molar-refractivity contribution is -0.128. The molecule has 0 bridgehead atoms. The number of esters is 1. The Morgan fingerprint density at radius 3 is 2.71 bits per heavy atom. The minimum Gasteiger partial charge on any atom is -0.465 e. The first kappa shape index (κ1) is 23.7. The maximum Gasteiger partial charge on any atom is 0.339 e. The summed E-state index contributed by atoms with van der Waals surface area (Å²) in [6.45, 7) is 6.24. The Morgan fingerprint density at radius 2 is 2.06 bits per heavy atom. The van der Waals surface area contributed by atoms with E-state index < -0.39 is 11.2 Å². The van der Waals surface area contributed by atoms with E-state index in [4.69, 9.17) is 4.74 Å². The van der Waals surface area contributed by atoms with Gasteiger partial charge in [-0.2, -0.15) is 0 Å². The number of H-pyrrole nitrogens is 1. The number of nitrogens with zero attached hydrogens (tertiary/aromatic N) is 5. The van der Waals surface area contributed by atoms with Crippen molar-refractivity contribution < 1.29 is 19.1 Å². The average molecular weight is 483 g/mol. The highest BCUT2D eigenvalue weighted by Gasteiger charge is 2.29. The number of aromatic nitrogens is 5. The van der Waals surface area contributed by atoms with Gasteiger partial charge in [0, 0.05) is 24.9 Å². The van der Waals surface area contributed by atoms with Gasteiger partial charge in [0.25, 0.3) is 0 Å². The summed E-state index contributed by atoms with van der Waals surface area (Å²) in [6, 6.07) is 5.50. The molecule has 0 unspecified atom stereocenters. The molecule has 1 atom stereocenters. The van der Waals surface area contributed by atoms with E-state index in [0.29, 0.717) is 58.8 Å². The molecule has 1 amide bonds. The number of ether oxygens (including phenoxy) is 1. The Bertz CT molecular complexity index is 1240. The molecular weight excluding hydrogens is 456 g/mol. The SMILES string of the molecule is COC(=O)c1c(C)[nH]c(C(=O)[C@@H](C)Sc2nnc(CN3CCCC3=O)n2-c2ccccn2)c1C. The number of hydrogen-bond acceptors (Lipinski definition) is 8. The smallest absolute Gasteiger partial charge is 0.339 e. The lowest BCUT2D eigenvalue weighted by Gasteiger charge is -2.16. The van der Waals surface area contributed by atoms with Gasteiger partial charge in [-0.1, -0.05) is 17.8 Å². The van der Waals surface area contributed by atoms with Crippen molar-refractivity contribution >= 4 is 29.4 Å². The number of hydrogen-bond donors (Lipinski definition) is 1. The summed E-state index contributed by atoms with van der Waals surface area (Å²) in [5.74, 6) is 0.619. The van der Waals surface area contributed by atoms with Gasteiger partial charge in [0.05, 0.1) is 30.2 Å². The first-order valence-electron chi connectivity index (χ1n) is 10.9. The number of thioether (sulfide) groups is 1. The number of carbonyl (C=O) groups excluding carboxylic acids is 3. The van der Waals surface area contributed by atoms with Gasteiger partial charge in [0.1, 0.15) is 5.82 Å². The zero-order valence-electron chi connectivity index (χ0n) is 19.5. The monoisotopic (exact) mass is 482 g/mol. The highest BCUT2D eigenvalue weighted by molar-refractivity contribution is 8.00. The van der Waals surface area contributed by atoms with Gasteiger partial charge in [-0.3, -0.25) is 14.2 Å². The summed E-state index contributed by atoms with van der Waals surface area (Å²) in [5.41, 5.74) is 1.88. The number of nitrogens with one attached hydrogen (secondary N) is 1. The molecule has 1 fully saturated rings. The van der Waals surface area contributed by atoms with Crippen LogP contribution in [0, 0.1) is 13.8 Å².